The first kappa shape index (κ1) is 23.4. The van der Waals surface area contributed by atoms with Crippen molar-refractivity contribution in [3.63, 3.8) is 0 Å². The molecule has 0 spiro atoms. The number of para-hydroxylation sites is 1. The Morgan fingerprint density at radius 3 is 2.42 bits per heavy atom. The standard InChI is InChI=1S/C29H28N4O3/c1-20-9-7-8-12-25(20)33-27(34)26-17-24(22-13-15-23(36-3)16-14-22)31-32(26)19-29(33,2)28(35)30-18-21-10-5-4-6-11-21/h4-17H,18-19H2,1-3H3,(H,30,35). The SMILES string of the molecule is COc1ccc(-c2cc3n(n2)CC(C)(C(=O)NCc2ccccc2)N(c2ccccc2C)C3=O)cc1. The molecule has 1 aromatic heterocycles. The van der Waals surface area contributed by atoms with E-state index in [4.69, 9.17) is 9.84 Å². The normalized spacial score (nSPS) is 17.0. The maximum atomic E-state index is 14.0. The number of hydrogen-bond acceptors (Lipinski definition) is 4. The second-order valence-corrected chi connectivity index (χ2v) is 9.17. The van der Waals surface area contributed by atoms with Crippen LogP contribution in [0.15, 0.2) is 84.9 Å². The Bertz CT molecular complexity index is 1410. The highest BCUT2D eigenvalue weighted by atomic mass is 16.5. The zero-order valence-electron chi connectivity index (χ0n) is 20.6. The number of fused-ring (bicyclic) bond motifs is 1. The van der Waals surface area contributed by atoms with Crippen molar-refractivity contribution in [1.82, 2.24) is 15.1 Å². The average Bonchev–Trinajstić information content (AvgIpc) is 3.33. The Hall–Kier alpha value is -4.39. The maximum absolute atomic E-state index is 14.0. The van der Waals surface area contributed by atoms with E-state index in [0.29, 0.717) is 23.6 Å². The van der Waals surface area contributed by atoms with Crippen LogP contribution in [0.4, 0.5) is 5.69 Å². The lowest BCUT2D eigenvalue weighted by molar-refractivity contribution is -0.126. The van der Waals surface area contributed by atoms with Gasteiger partial charge in [0.05, 0.1) is 19.3 Å². The molecule has 3 aromatic carbocycles. The van der Waals surface area contributed by atoms with Crippen LogP contribution in [0.3, 0.4) is 0 Å². The smallest absolute Gasteiger partial charge is 0.277 e. The van der Waals surface area contributed by atoms with Gasteiger partial charge in [-0.2, -0.15) is 5.10 Å². The maximum Gasteiger partial charge on any atom is 0.277 e. The van der Waals surface area contributed by atoms with Gasteiger partial charge in [-0.05, 0) is 61.4 Å². The van der Waals surface area contributed by atoms with E-state index >= 15 is 0 Å². The Labute approximate surface area is 210 Å². The molecule has 1 aliphatic rings. The topological polar surface area (TPSA) is 76.5 Å². The quantitative estimate of drug-likeness (QED) is 0.438. The van der Waals surface area contributed by atoms with Gasteiger partial charge in [-0.1, -0.05) is 48.5 Å². The number of ether oxygens (including phenoxy) is 1. The molecule has 0 saturated carbocycles. The van der Waals surface area contributed by atoms with Gasteiger partial charge in [0.2, 0.25) is 5.91 Å². The number of rotatable bonds is 6. The predicted molar refractivity (Wildman–Crippen MR) is 139 cm³/mol. The van der Waals surface area contributed by atoms with Gasteiger partial charge in [0.15, 0.2) is 0 Å². The van der Waals surface area contributed by atoms with Crippen molar-refractivity contribution in [1.29, 1.82) is 0 Å². The third kappa shape index (κ3) is 4.13. The largest absolute Gasteiger partial charge is 0.497 e. The van der Waals surface area contributed by atoms with Crippen molar-refractivity contribution in [3.05, 3.63) is 102 Å². The molecule has 7 heteroatoms. The molecule has 5 rings (SSSR count). The van der Waals surface area contributed by atoms with Crippen LogP contribution in [0.2, 0.25) is 0 Å². The van der Waals surface area contributed by atoms with Crippen LogP contribution in [0.1, 0.15) is 28.5 Å². The van der Waals surface area contributed by atoms with E-state index in [1.54, 1.807) is 29.7 Å². The van der Waals surface area contributed by atoms with E-state index in [-0.39, 0.29) is 18.4 Å². The Kier molecular flexibility index (Phi) is 6.06. The van der Waals surface area contributed by atoms with Crippen LogP contribution in [0.5, 0.6) is 5.75 Å². The molecule has 36 heavy (non-hydrogen) atoms. The number of amides is 2. The number of aryl methyl sites for hydroxylation is 1. The molecular weight excluding hydrogens is 452 g/mol. The number of carbonyl (C=O) groups is 2. The third-order valence-electron chi connectivity index (χ3n) is 6.68. The summed E-state index contributed by atoms with van der Waals surface area (Å²) in [6.45, 7) is 4.34. The minimum atomic E-state index is -1.19. The van der Waals surface area contributed by atoms with Crippen LogP contribution >= 0.6 is 0 Å². The zero-order chi connectivity index (χ0) is 25.3. The van der Waals surface area contributed by atoms with Crippen molar-refractivity contribution in [2.45, 2.75) is 32.5 Å². The lowest BCUT2D eigenvalue weighted by Gasteiger charge is -2.43. The summed E-state index contributed by atoms with van der Waals surface area (Å²) >= 11 is 0. The molecule has 0 radical (unpaired) electrons. The number of nitrogens with zero attached hydrogens (tertiary/aromatic N) is 3. The number of anilines is 1. The molecule has 1 N–H and O–H groups in total. The molecule has 2 heterocycles. The predicted octanol–water partition coefficient (Wildman–Crippen LogP) is 4.60. The van der Waals surface area contributed by atoms with Gasteiger partial charge >= 0.3 is 0 Å². The van der Waals surface area contributed by atoms with E-state index < -0.39 is 5.54 Å². The molecule has 182 valence electrons. The second-order valence-electron chi connectivity index (χ2n) is 9.17. The van der Waals surface area contributed by atoms with E-state index in [1.807, 2.05) is 85.8 Å². The lowest BCUT2D eigenvalue weighted by atomic mass is 9.93. The van der Waals surface area contributed by atoms with Crippen molar-refractivity contribution >= 4 is 17.5 Å². The fraction of sp³-hybridized carbons (Fsp3) is 0.207. The van der Waals surface area contributed by atoms with Gasteiger partial charge < -0.3 is 10.1 Å². The summed E-state index contributed by atoms with van der Waals surface area (Å²) in [5.74, 6) is 0.238. The van der Waals surface area contributed by atoms with Gasteiger partial charge in [-0.3, -0.25) is 19.2 Å². The highest BCUT2D eigenvalue weighted by Crippen LogP contribution is 2.36. The molecule has 0 saturated heterocycles. The van der Waals surface area contributed by atoms with Crippen molar-refractivity contribution in [2.75, 3.05) is 12.0 Å². The number of aromatic nitrogens is 2. The molecule has 1 unspecified atom stereocenters. The summed E-state index contributed by atoms with van der Waals surface area (Å²) in [5.41, 5.74) is 3.39. The highest BCUT2D eigenvalue weighted by molar-refractivity contribution is 6.12. The highest BCUT2D eigenvalue weighted by Gasteiger charge is 2.49. The van der Waals surface area contributed by atoms with Gasteiger partial charge in [0.1, 0.15) is 17.0 Å². The first-order valence-corrected chi connectivity index (χ1v) is 11.9. The molecule has 0 fully saturated rings. The number of benzene rings is 3. The van der Waals surface area contributed by atoms with Crippen LogP contribution < -0.4 is 15.0 Å². The fourth-order valence-electron chi connectivity index (χ4n) is 4.64. The number of nitrogens with one attached hydrogen (secondary N) is 1. The first-order valence-electron chi connectivity index (χ1n) is 11.9. The summed E-state index contributed by atoms with van der Waals surface area (Å²) in [5, 5.41) is 7.77. The van der Waals surface area contributed by atoms with Gasteiger partial charge in [0, 0.05) is 17.8 Å². The monoisotopic (exact) mass is 480 g/mol. The summed E-state index contributed by atoms with van der Waals surface area (Å²) in [4.78, 5) is 29.3. The molecule has 0 aliphatic carbocycles. The second kappa shape index (κ2) is 9.34. The van der Waals surface area contributed by atoms with Gasteiger partial charge in [-0.15, -0.1) is 0 Å². The average molecular weight is 481 g/mol. The van der Waals surface area contributed by atoms with E-state index in [2.05, 4.69) is 5.32 Å². The summed E-state index contributed by atoms with van der Waals surface area (Å²) in [6.07, 6.45) is 0. The van der Waals surface area contributed by atoms with Crippen molar-refractivity contribution < 1.29 is 14.3 Å². The summed E-state index contributed by atoms with van der Waals surface area (Å²) < 4.78 is 6.91. The number of methoxy groups -OCH3 is 1. The molecule has 7 nitrogen and oxygen atoms in total. The molecule has 1 atom stereocenters. The van der Waals surface area contributed by atoms with Crippen LogP contribution in [-0.4, -0.2) is 34.2 Å². The van der Waals surface area contributed by atoms with Crippen LogP contribution in [0, 0.1) is 6.92 Å². The van der Waals surface area contributed by atoms with Crippen molar-refractivity contribution in [3.8, 4) is 17.0 Å². The summed E-state index contributed by atoms with van der Waals surface area (Å²) in [6, 6.07) is 26.7. The third-order valence-corrected chi connectivity index (χ3v) is 6.68. The molecular formula is C29H28N4O3. The van der Waals surface area contributed by atoms with Crippen LogP contribution in [0.25, 0.3) is 11.3 Å². The molecule has 2 amide bonds. The van der Waals surface area contributed by atoms with Gasteiger partial charge in [0.25, 0.3) is 5.91 Å². The molecule has 0 bridgehead atoms. The summed E-state index contributed by atoms with van der Waals surface area (Å²) in [7, 11) is 1.62. The zero-order valence-corrected chi connectivity index (χ0v) is 20.6. The molecule has 1 aliphatic heterocycles. The molecule has 4 aromatic rings. The minimum Gasteiger partial charge on any atom is -0.497 e. The Morgan fingerprint density at radius 1 is 1.03 bits per heavy atom. The van der Waals surface area contributed by atoms with Crippen LogP contribution in [-0.2, 0) is 17.9 Å². The first-order chi connectivity index (χ1) is 17.4. The van der Waals surface area contributed by atoms with Crippen molar-refractivity contribution in [2.24, 2.45) is 0 Å². The lowest BCUT2D eigenvalue weighted by Crippen LogP contribution is -2.64. The minimum absolute atomic E-state index is 0.221. The number of carbonyl (C=O) groups excluding carboxylic acids is 2. The Balaban J connectivity index is 1.54. The number of hydrogen-bond donors (Lipinski definition) is 1. The van der Waals surface area contributed by atoms with E-state index in [0.717, 1.165) is 22.4 Å². The fourth-order valence-corrected chi connectivity index (χ4v) is 4.64. The Morgan fingerprint density at radius 2 is 1.72 bits per heavy atom. The van der Waals surface area contributed by atoms with E-state index in [9.17, 15) is 9.59 Å². The van der Waals surface area contributed by atoms with E-state index in [1.165, 1.54) is 0 Å². The van der Waals surface area contributed by atoms with Gasteiger partial charge in [-0.25, -0.2) is 0 Å².